The molecule has 0 spiro atoms. The highest BCUT2D eigenvalue weighted by Gasteiger charge is 2.31. The molecule has 0 N–H and O–H groups in total. The quantitative estimate of drug-likeness (QED) is 0.353. The molecule has 0 aliphatic carbocycles. The lowest BCUT2D eigenvalue weighted by Crippen LogP contribution is -2.25. The summed E-state index contributed by atoms with van der Waals surface area (Å²) in [4.78, 5) is 16.5. The number of benzene rings is 1. The molecule has 1 heterocycles. The van der Waals surface area contributed by atoms with Gasteiger partial charge in [-0.3, -0.25) is 4.79 Å². The Morgan fingerprint density at radius 2 is 2.42 bits per heavy atom. The molecule has 1 aliphatic heterocycles. The largest absolute Gasteiger partial charge is 0.495 e. The van der Waals surface area contributed by atoms with Crippen LogP contribution in [0.15, 0.2) is 23.3 Å². The highest BCUT2D eigenvalue weighted by atomic mass is 127. The number of amides is 1. The molecule has 1 aromatic carbocycles. The van der Waals surface area contributed by atoms with Crippen LogP contribution in [0.1, 0.15) is 6.42 Å². The molecule has 1 atom stereocenters. The van der Waals surface area contributed by atoms with E-state index in [-0.39, 0.29) is 11.8 Å². The highest BCUT2D eigenvalue weighted by molar-refractivity contribution is 14.1. The molecule has 100 valence electrons. The Morgan fingerprint density at radius 3 is 3.11 bits per heavy atom. The molecule has 7 heteroatoms. The first kappa shape index (κ1) is 14.0. The van der Waals surface area contributed by atoms with Gasteiger partial charge in [0.05, 0.1) is 12.8 Å². The standard InChI is InChI=1S/C12H13IN4O2/c1-19-11-3-2-9(13)5-10(11)17-7-8(4-12(17)18)6-15-16-14/h2-3,5,8H,4,6-7H2,1H3. The Labute approximate surface area is 124 Å². The Hall–Kier alpha value is -1.47. The molecule has 1 saturated heterocycles. The molecule has 1 fully saturated rings. The minimum atomic E-state index is 0.0402. The van der Waals surface area contributed by atoms with E-state index in [0.717, 1.165) is 9.26 Å². The Bertz CT molecular complexity index is 543. The predicted octanol–water partition coefficient (Wildman–Crippen LogP) is 2.96. The second kappa shape index (κ2) is 6.12. The summed E-state index contributed by atoms with van der Waals surface area (Å²) < 4.78 is 6.34. The normalized spacial score (nSPS) is 18.3. The number of anilines is 1. The average Bonchev–Trinajstić information content (AvgIpc) is 2.77. The summed E-state index contributed by atoms with van der Waals surface area (Å²) in [6, 6.07) is 5.71. The van der Waals surface area contributed by atoms with Gasteiger partial charge < -0.3 is 9.64 Å². The number of rotatable bonds is 4. The first-order valence-electron chi connectivity index (χ1n) is 5.80. The van der Waals surface area contributed by atoms with Crippen LogP contribution >= 0.6 is 22.6 Å². The maximum atomic E-state index is 12.1. The molecule has 1 unspecified atom stereocenters. The van der Waals surface area contributed by atoms with E-state index in [9.17, 15) is 4.79 Å². The van der Waals surface area contributed by atoms with E-state index in [2.05, 4.69) is 32.6 Å². The van der Waals surface area contributed by atoms with Gasteiger partial charge in [0.25, 0.3) is 0 Å². The van der Waals surface area contributed by atoms with Crippen molar-refractivity contribution in [3.8, 4) is 5.75 Å². The SMILES string of the molecule is COc1ccc(I)cc1N1CC(CN=[N+]=[N-])CC1=O. The van der Waals surface area contributed by atoms with E-state index in [1.165, 1.54) is 0 Å². The van der Waals surface area contributed by atoms with Crippen LogP contribution < -0.4 is 9.64 Å². The van der Waals surface area contributed by atoms with Crippen LogP contribution in [0.5, 0.6) is 5.75 Å². The first-order chi connectivity index (χ1) is 9.15. The summed E-state index contributed by atoms with van der Waals surface area (Å²) in [5.74, 6) is 0.794. The van der Waals surface area contributed by atoms with Crippen molar-refractivity contribution in [2.45, 2.75) is 6.42 Å². The number of methoxy groups -OCH3 is 1. The predicted molar refractivity (Wildman–Crippen MR) is 80.2 cm³/mol. The Kier molecular flexibility index (Phi) is 4.49. The summed E-state index contributed by atoms with van der Waals surface area (Å²) in [7, 11) is 1.59. The van der Waals surface area contributed by atoms with Gasteiger partial charge >= 0.3 is 0 Å². The summed E-state index contributed by atoms with van der Waals surface area (Å²) in [5.41, 5.74) is 9.11. The molecule has 0 saturated carbocycles. The monoisotopic (exact) mass is 372 g/mol. The Balaban J connectivity index is 2.24. The van der Waals surface area contributed by atoms with Crippen LogP contribution in [-0.2, 0) is 4.79 Å². The van der Waals surface area contributed by atoms with Crippen LogP contribution in [0.4, 0.5) is 5.69 Å². The smallest absolute Gasteiger partial charge is 0.227 e. The van der Waals surface area contributed by atoms with E-state index in [1.54, 1.807) is 12.0 Å². The van der Waals surface area contributed by atoms with Crippen LogP contribution in [0.3, 0.4) is 0 Å². The molecule has 0 bridgehead atoms. The van der Waals surface area contributed by atoms with Crippen molar-refractivity contribution in [2.75, 3.05) is 25.1 Å². The highest BCUT2D eigenvalue weighted by Crippen LogP contribution is 2.34. The summed E-state index contributed by atoms with van der Waals surface area (Å²) in [5, 5.41) is 3.55. The number of azide groups is 1. The van der Waals surface area contributed by atoms with E-state index in [0.29, 0.717) is 25.3 Å². The van der Waals surface area contributed by atoms with Gasteiger partial charge in [0.15, 0.2) is 0 Å². The fourth-order valence-corrected chi connectivity index (χ4v) is 2.64. The molecule has 6 nitrogen and oxygen atoms in total. The van der Waals surface area contributed by atoms with Crippen molar-refractivity contribution in [2.24, 2.45) is 11.0 Å². The molecule has 1 aliphatic rings. The summed E-state index contributed by atoms with van der Waals surface area (Å²) in [6.07, 6.45) is 0.410. The van der Waals surface area contributed by atoms with Crippen LogP contribution in [0.25, 0.3) is 10.4 Å². The molecule has 1 aromatic rings. The Morgan fingerprint density at radius 1 is 1.63 bits per heavy atom. The fourth-order valence-electron chi connectivity index (χ4n) is 2.16. The van der Waals surface area contributed by atoms with Crippen molar-refractivity contribution in [3.63, 3.8) is 0 Å². The summed E-state index contributed by atoms with van der Waals surface area (Å²) in [6.45, 7) is 0.916. The van der Waals surface area contributed by atoms with Crippen LogP contribution in [0.2, 0.25) is 0 Å². The lowest BCUT2D eigenvalue weighted by molar-refractivity contribution is -0.117. The molecule has 0 radical (unpaired) electrons. The number of nitrogens with zero attached hydrogens (tertiary/aromatic N) is 4. The van der Waals surface area contributed by atoms with E-state index in [1.807, 2.05) is 18.2 Å². The molecular weight excluding hydrogens is 359 g/mol. The molecule has 19 heavy (non-hydrogen) atoms. The molecule has 2 rings (SSSR count). The molecular formula is C12H13IN4O2. The van der Waals surface area contributed by atoms with E-state index in [4.69, 9.17) is 10.3 Å². The zero-order chi connectivity index (χ0) is 13.8. The van der Waals surface area contributed by atoms with Gasteiger partial charge in [-0.15, -0.1) is 0 Å². The maximum absolute atomic E-state index is 12.1. The minimum Gasteiger partial charge on any atom is -0.495 e. The third-order valence-electron chi connectivity index (χ3n) is 3.04. The first-order valence-corrected chi connectivity index (χ1v) is 6.88. The van der Waals surface area contributed by atoms with Gasteiger partial charge in [0.1, 0.15) is 5.75 Å². The van der Waals surface area contributed by atoms with Gasteiger partial charge in [-0.25, -0.2) is 0 Å². The van der Waals surface area contributed by atoms with Crippen molar-refractivity contribution in [1.29, 1.82) is 0 Å². The fraction of sp³-hybridized carbons (Fsp3) is 0.417. The van der Waals surface area contributed by atoms with Gasteiger partial charge in [-0.2, -0.15) is 0 Å². The number of hydrogen-bond acceptors (Lipinski definition) is 3. The van der Waals surface area contributed by atoms with Gasteiger partial charge in [-0.05, 0) is 52.2 Å². The number of carbonyl (C=O) groups excluding carboxylic acids is 1. The van der Waals surface area contributed by atoms with Crippen molar-refractivity contribution < 1.29 is 9.53 Å². The summed E-state index contributed by atoms with van der Waals surface area (Å²) >= 11 is 2.20. The van der Waals surface area contributed by atoms with Gasteiger partial charge in [0.2, 0.25) is 5.91 Å². The molecule has 0 aromatic heterocycles. The average molecular weight is 372 g/mol. The van der Waals surface area contributed by atoms with Gasteiger partial charge in [0, 0.05) is 28.0 Å². The number of ether oxygens (including phenoxy) is 1. The second-order valence-corrected chi connectivity index (χ2v) is 5.55. The second-order valence-electron chi connectivity index (χ2n) is 4.30. The topological polar surface area (TPSA) is 78.3 Å². The third-order valence-corrected chi connectivity index (χ3v) is 3.71. The van der Waals surface area contributed by atoms with Crippen LogP contribution in [-0.4, -0.2) is 26.1 Å². The van der Waals surface area contributed by atoms with Crippen molar-refractivity contribution in [1.82, 2.24) is 0 Å². The zero-order valence-corrected chi connectivity index (χ0v) is 12.6. The van der Waals surface area contributed by atoms with Gasteiger partial charge in [-0.1, -0.05) is 5.11 Å². The molecule has 1 amide bonds. The number of hydrogen-bond donors (Lipinski definition) is 0. The van der Waals surface area contributed by atoms with E-state index < -0.39 is 0 Å². The third kappa shape index (κ3) is 3.10. The van der Waals surface area contributed by atoms with Crippen molar-refractivity contribution in [3.05, 3.63) is 32.2 Å². The lowest BCUT2D eigenvalue weighted by atomic mass is 10.1. The van der Waals surface area contributed by atoms with Crippen LogP contribution in [0, 0.1) is 9.49 Å². The maximum Gasteiger partial charge on any atom is 0.227 e. The van der Waals surface area contributed by atoms with E-state index >= 15 is 0 Å². The zero-order valence-electron chi connectivity index (χ0n) is 10.4. The van der Waals surface area contributed by atoms with Crippen molar-refractivity contribution >= 4 is 34.2 Å². The number of carbonyl (C=O) groups is 1. The lowest BCUT2D eigenvalue weighted by Gasteiger charge is -2.19. The number of halogens is 1. The minimum absolute atomic E-state index is 0.0402.